The third-order valence-corrected chi connectivity index (χ3v) is 5.30. The minimum Gasteiger partial charge on any atom is -0.493 e. The van der Waals surface area contributed by atoms with Gasteiger partial charge in [-0.25, -0.2) is 0 Å². The van der Waals surface area contributed by atoms with Gasteiger partial charge in [0, 0.05) is 30.5 Å². The first kappa shape index (κ1) is 20.8. The van der Waals surface area contributed by atoms with Gasteiger partial charge in [0.05, 0.1) is 17.7 Å². The molecular formula is C25H26N2O4. The number of amides is 1. The van der Waals surface area contributed by atoms with E-state index in [1.54, 1.807) is 24.4 Å². The number of hydrogen-bond acceptors (Lipinski definition) is 5. The van der Waals surface area contributed by atoms with Gasteiger partial charge >= 0.3 is 0 Å². The van der Waals surface area contributed by atoms with Gasteiger partial charge in [0.15, 0.2) is 0 Å². The van der Waals surface area contributed by atoms with Crippen molar-refractivity contribution in [3.8, 4) is 17.2 Å². The Hall–Kier alpha value is -3.41. The van der Waals surface area contributed by atoms with Gasteiger partial charge in [0.25, 0.3) is 5.91 Å². The van der Waals surface area contributed by atoms with E-state index < -0.39 is 5.91 Å². The largest absolute Gasteiger partial charge is 0.493 e. The van der Waals surface area contributed by atoms with E-state index in [1.165, 1.54) is 12.8 Å². The molecule has 0 spiro atoms. The molecule has 4 rings (SSSR count). The van der Waals surface area contributed by atoms with E-state index in [4.69, 9.17) is 15.2 Å². The molecule has 0 atom stereocenters. The summed E-state index contributed by atoms with van der Waals surface area (Å²) in [5.74, 6) is 1.95. The van der Waals surface area contributed by atoms with Crippen molar-refractivity contribution in [1.82, 2.24) is 4.98 Å². The number of rotatable bonds is 10. The highest BCUT2D eigenvalue weighted by molar-refractivity contribution is 6.01. The van der Waals surface area contributed by atoms with Crippen LogP contribution in [-0.2, 0) is 11.2 Å². The van der Waals surface area contributed by atoms with Crippen molar-refractivity contribution in [2.75, 3.05) is 6.61 Å². The van der Waals surface area contributed by atoms with E-state index >= 15 is 0 Å². The number of carbonyl (C=O) groups excluding carboxylic acids is 2. The molecule has 0 aliphatic heterocycles. The van der Waals surface area contributed by atoms with Crippen LogP contribution in [0.1, 0.15) is 48.5 Å². The van der Waals surface area contributed by atoms with Crippen molar-refractivity contribution >= 4 is 22.6 Å². The molecule has 2 N–H and O–H groups in total. The molecule has 1 aliphatic rings. The maximum atomic E-state index is 12.1. The summed E-state index contributed by atoms with van der Waals surface area (Å²) in [7, 11) is 0. The first-order chi connectivity index (χ1) is 15.0. The zero-order valence-electron chi connectivity index (χ0n) is 17.6. The van der Waals surface area contributed by atoms with Crippen LogP contribution in [-0.4, -0.2) is 23.3 Å². The number of hydrogen-bond donors (Lipinski definition) is 1. The van der Waals surface area contributed by atoms with Crippen molar-refractivity contribution in [2.24, 2.45) is 11.7 Å². The van der Waals surface area contributed by atoms with Gasteiger partial charge in [-0.05, 0) is 55.0 Å². The Labute approximate surface area is 181 Å². The van der Waals surface area contributed by atoms with Crippen LogP contribution in [0.2, 0.25) is 0 Å². The Morgan fingerprint density at radius 2 is 1.87 bits per heavy atom. The monoisotopic (exact) mass is 418 g/mol. The molecule has 0 radical (unpaired) electrons. The molecule has 6 heteroatoms. The van der Waals surface area contributed by atoms with E-state index in [1.807, 2.05) is 31.2 Å². The van der Waals surface area contributed by atoms with Gasteiger partial charge in [0.2, 0.25) is 0 Å². The quantitative estimate of drug-likeness (QED) is 0.509. The normalized spacial score (nSPS) is 13.2. The standard InChI is InChI=1S/C25H26N2O4/c1-2-11-30-24-15-22-20(14-21(24)25(26)29)23(9-10-27-22)31-19-7-5-17(6-8-19)13-18(28)12-16-3-4-16/h5-10,14-16H,2-4,11-13H2,1H3,(H2,26,29). The van der Waals surface area contributed by atoms with Crippen LogP contribution in [0, 0.1) is 5.92 Å². The molecule has 31 heavy (non-hydrogen) atoms. The van der Waals surface area contributed by atoms with E-state index in [0.717, 1.165) is 12.0 Å². The molecule has 0 bridgehead atoms. The highest BCUT2D eigenvalue weighted by Crippen LogP contribution is 2.34. The molecule has 1 aliphatic carbocycles. The molecule has 1 heterocycles. The zero-order chi connectivity index (χ0) is 21.8. The molecule has 3 aromatic rings. The molecule has 1 amide bonds. The number of aromatic nitrogens is 1. The van der Waals surface area contributed by atoms with E-state index in [2.05, 4.69) is 4.98 Å². The second-order valence-electron chi connectivity index (χ2n) is 8.00. The fraction of sp³-hybridized carbons (Fsp3) is 0.320. The molecule has 160 valence electrons. The van der Waals surface area contributed by atoms with E-state index in [9.17, 15) is 9.59 Å². The van der Waals surface area contributed by atoms with Crippen LogP contribution in [0.3, 0.4) is 0 Å². The average Bonchev–Trinajstić information content (AvgIpc) is 3.57. The number of benzene rings is 2. The summed E-state index contributed by atoms with van der Waals surface area (Å²) in [6.07, 6.45) is 5.97. The minimum atomic E-state index is -0.567. The predicted molar refractivity (Wildman–Crippen MR) is 119 cm³/mol. The second-order valence-corrected chi connectivity index (χ2v) is 8.00. The Morgan fingerprint density at radius 3 is 2.55 bits per heavy atom. The fourth-order valence-corrected chi connectivity index (χ4v) is 3.51. The smallest absolute Gasteiger partial charge is 0.252 e. The summed E-state index contributed by atoms with van der Waals surface area (Å²) < 4.78 is 11.7. The lowest BCUT2D eigenvalue weighted by Crippen LogP contribution is -2.13. The summed E-state index contributed by atoms with van der Waals surface area (Å²) in [4.78, 5) is 28.4. The lowest BCUT2D eigenvalue weighted by Gasteiger charge is -2.13. The van der Waals surface area contributed by atoms with E-state index in [0.29, 0.717) is 59.1 Å². The number of carbonyl (C=O) groups is 2. The fourth-order valence-electron chi connectivity index (χ4n) is 3.51. The molecule has 2 aromatic carbocycles. The van der Waals surface area contributed by atoms with Gasteiger partial charge in [-0.3, -0.25) is 14.6 Å². The van der Waals surface area contributed by atoms with E-state index in [-0.39, 0.29) is 5.78 Å². The number of pyridine rings is 1. The summed E-state index contributed by atoms with van der Waals surface area (Å²) in [5, 5.41) is 0.670. The SMILES string of the molecule is CCCOc1cc2nccc(Oc3ccc(CC(=O)CC4CC4)cc3)c2cc1C(N)=O. The van der Waals surface area contributed by atoms with Crippen molar-refractivity contribution in [3.63, 3.8) is 0 Å². The van der Waals surface area contributed by atoms with Crippen molar-refractivity contribution < 1.29 is 19.1 Å². The molecule has 0 saturated heterocycles. The maximum Gasteiger partial charge on any atom is 0.252 e. The van der Waals surface area contributed by atoms with Crippen LogP contribution in [0.5, 0.6) is 17.2 Å². The maximum absolute atomic E-state index is 12.1. The number of nitrogens with zero attached hydrogens (tertiary/aromatic N) is 1. The number of nitrogens with two attached hydrogens (primary N) is 1. The Morgan fingerprint density at radius 1 is 1.10 bits per heavy atom. The summed E-state index contributed by atoms with van der Waals surface area (Å²) in [6.45, 7) is 2.47. The van der Waals surface area contributed by atoms with Crippen LogP contribution in [0.4, 0.5) is 0 Å². The Balaban J connectivity index is 1.55. The molecule has 1 saturated carbocycles. The summed E-state index contributed by atoms with van der Waals surface area (Å²) >= 11 is 0. The Bertz CT molecular complexity index is 1100. The Kier molecular flexibility index (Phi) is 6.16. The summed E-state index contributed by atoms with van der Waals surface area (Å²) in [6, 6.07) is 12.6. The zero-order valence-corrected chi connectivity index (χ0v) is 17.6. The average molecular weight is 418 g/mol. The lowest BCUT2D eigenvalue weighted by atomic mass is 10.1. The number of fused-ring (bicyclic) bond motifs is 1. The number of primary amides is 1. The third-order valence-electron chi connectivity index (χ3n) is 5.30. The van der Waals surface area contributed by atoms with Crippen molar-refractivity contribution in [1.29, 1.82) is 0 Å². The molecular weight excluding hydrogens is 392 g/mol. The van der Waals surface area contributed by atoms with Crippen molar-refractivity contribution in [3.05, 3.63) is 59.8 Å². The van der Waals surface area contributed by atoms with Crippen LogP contribution >= 0.6 is 0 Å². The van der Waals surface area contributed by atoms with Crippen LogP contribution in [0.15, 0.2) is 48.7 Å². The minimum absolute atomic E-state index is 0.288. The third kappa shape index (κ3) is 5.20. The number of ether oxygens (including phenoxy) is 2. The lowest BCUT2D eigenvalue weighted by molar-refractivity contribution is -0.118. The number of Topliss-reactive ketones (excluding diaryl/α,β-unsaturated/α-hetero) is 1. The van der Waals surface area contributed by atoms with Crippen molar-refractivity contribution in [2.45, 2.75) is 39.0 Å². The molecule has 6 nitrogen and oxygen atoms in total. The first-order valence-electron chi connectivity index (χ1n) is 10.7. The molecule has 0 unspecified atom stereocenters. The van der Waals surface area contributed by atoms with Gasteiger partial charge < -0.3 is 15.2 Å². The topological polar surface area (TPSA) is 91.5 Å². The molecule has 1 aromatic heterocycles. The summed E-state index contributed by atoms with van der Waals surface area (Å²) in [5.41, 5.74) is 7.48. The second kappa shape index (κ2) is 9.16. The van der Waals surface area contributed by atoms with Gasteiger partial charge in [-0.2, -0.15) is 0 Å². The first-order valence-corrected chi connectivity index (χ1v) is 10.7. The highest BCUT2D eigenvalue weighted by atomic mass is 16.5. The molecule has 1 fully saturated rings. The van der Waals surface area contributed by atoms with Gasteiger partial charge in [0.1, 0.15) is 23.0 Å². The highest BCUT2D eigenvalue weighted by Gasteiger charge is 2.24. The van der Waals surface area contributed by atoms with Crippen LogP contribution < -0.4 is 15.2 Å². The number of ketones is 1. The van der Waals surface area contributed by atoms with Gasteiger partial charge in [-0.1, -0.05) is 19.1 Å². The van der Waals surface area contributed by atoms with Crippen LogP contribution in [0.25, 0.3) is 10.9 Å². The van der Waals surface area contributed by atoms with Gasteiger partial charge in [-0.15, -0.1) is 0 Å². The predicted octanol–water partition coefficient (Wildman–Crippen LogP) is 4.83.